The average Bonchev–Trinajstić information content (AvgIpc) is 2.83. The molecule has 2 unspecified atom stereocenters. The summed E-state index contributed by atoms with van der Waals surface area (Å²) in [4.78, 5) is 25.2. The van der Waals surface area contributed by atoms with Gasteiger partial charge in [-0.2, -0.15) is 0 Å². The monoisotopic (exact) mass is 328 g/mol. The van der Waals surface area contributed by atoms with Crippen LogP contribution in [0.1, 0.15) is 19.8 Å². The zero-order valence-electron chi connectivity index (χ0n) is 11.6. The van der Waals surface area contributed by atoms with Crippen LogP contribution in [0.5, 0.6) is 0 Å². The van der Waals surface area contributed by atoms with Crippen molar-refractivity contribution in [2.45, 2.75) is 31.2 Å². The SMILES string of the molecule is CCCC1SCC(C(=O)O)N1C(=O)Nc1cccc(Cl)c1. The van der Waals surface area contributed by atoms with E-state index < -0.39 is 18.0 Å². The van der Waals surface area contributed by atoms with E-state index in [-0.39, 0.29) is 5.37 Å². The summed E-state index contributed by atoms with van der Waals surface area (Å²) in [6, 6.07) is 5.61. The number of benzene rings is 1. The maximum atomic E-state index is 12.4. The number of anilines is 1. The van der Waals surface area contributed by atoms with E-state index in [2.05, 4.69) is 5.32 Å². The van der Waals surface area contributed by atoms with Crippen LogP contribution >= 0.6 is 23.4 Å². The lowest BCUT2D eigenvalue weighted by Crippen LogP contribution is -2.47. The predicted octanol–water partition coefficient (Wildman–Crippen LogP) is 3.50. The third kappa shape index (κ3) is 3.83. The van der Waals surface area contributed by atoms with E-state index in [1.165, 1.54) is 16.7 Å². The number of carboxylic acids is 1. The molecule has 2 amide bonds. The van der Waals surface area contributed by atoms with Crippen molar-refractivity contribution in [1.82, 2.24) is 4.90 Å². The van der Waals surface area contributed by atoms with Gasteiger partial charge in [-0.1, -0.05) is 31.0 Å². The van der Waals surface area contributed by atoms with Crippen molar-refractivity contribution >= 4 is 41.1 Å². The number of rotatable bonds is 4. The molecule has 0 bridgehead atoms. The van der Waals surface area contributed by atoms with Crippen molar-refractivity contribution in [1.29, 1.82) is 0 Å². The lowest BCUT2D eigenvalue weighted by molar-refractivity contribution is -0.141. The van der Waals surface area contributed by atoms with Gasteiger partial charge in [-0.15, -0.1) is 11.8 Å². The Kier molecular flexibility index (Phi) is 5.36. The van der Waals surface area contributed by atoms with Gasteiger partial charge in [0.1, 0.15) is 6.04 Å². The molecule has 2 rings (SSSR count). The fourth-order valence-corrected chi connectivity index (χ4v) is 3.95. The van der Waals surface area contributed by atoms with Gasteiger partial charge in [0.15, 0.2) is 0 Å². The van der Waals surface area contributed by atoms with Gasteiger partial charge in [0, 0.05) is 16.5 Å². The molecule has 2 N–H and O–H groups in total. The van der Waals surface area contributed by atoms with E-state index in [9.17, 15) is 14.7 Å². The number of thioether (sulfide) groups is 1. The van der Waals surface area contributed by atoms with Gasteiger partial charge in [-0.05, 0) is 24.6 Å². The molecule has 2 atom stereocenters. The molecule has 5 nitrogen and oxygen atoms in total. The van der Waals surface area contributed by atoms with Crippen LogP contribution in [0.25, 0.3) is 0 Å². The largest absolute Gasteiger partial charge is 0.480 e. The van der Waals surface area contributed by atoms with Crippen molar-refractivity contribution in [3.63, 3.8) is 0 Å². The molecule has 1 aliphatic heterocycles. The molecule has 1 saturated heterocycles. The number of carbonyl (C=O) groups excluding carboxylic acids is 1. The second kappa shape index (κ2) is 7.04. The number of urea groups is 1. The Morgan fingerprint density at radius 2 is 2.29 bits per heavy atom. The minimum atomic E-state index is -0.970. The highest BCUT2D eigenvalue weighted by molar-refractivity contribution is 8.00. The van der Waals surface area contributed by atoms with E-state index >= 15 is 0 Å². The maximum Gasteiger partial charge on any atom is 0.327 e. The Morgan fingerprint density at radius 3 is 2.90 bits per heavy atom. The molecule has 0 radical (unpaired) electrons. The van der Waals surface area contributed by atoms with Gasteiger partial charge in [0.05, 0.1) is 5.37 Å². The number of amides is 2. The molecule has 114 valence electrons. The Morgan fingerprint density at radius 1 is 1.52 bits per heavy atom. The van der Waals surface area contributed by atoms with Crippen LogP contribution in [-0.4, -0.2) is 39.2 Å². The first kappa shape index (κ1) is 16.0. The molecule has 1 heterocycles. The molecule has 0 aromatic heterocycles. The Balaban J connectivity index is 2.14. The van der Waals surface area contributed by atoms with Gasteiger partial charge in [0.25, 0.3) is 0 Å². The smallest absolute Gasteiger partial charge is 0.327 e. The highest BCUT2D eigenvalue weighted by Gasteiger charge is 2.41. The summed E-state index contributed by atoms with van der Waals surface area (Å²) in [6.45, 7) is 2.02. The zero-order chi connectivity index (χ0) is 15.4. The van der Waals surface area contributed by atoms with Crippen LogP contribution in [0, 0.1) is 0 Å². The minimum absolute atomic E-state index is 0.102. The predicted molar refractivity (Wildman–Crippen MR) is 84.9 cm³/mol. The van der Waals surface area contributed by atoms with Crippen molar-refractivity contribution in [2.75, 3.05) is 11.1 Å². The van der Waals surface area contributed by atoms with Crippen LogP contribution in [0.2, 0.25) is 5.02 Å². The lowest BCUT2D eigenvalue weighted by Gasteiger charge is -2.27. The molecule has 1 fully saturated rings. The first-order valence-corrected chi connectivity index (χ1v) is 8.15. The number of carbonyl (C=O) groups is 2. The molecule has 0 spiro atoms. The molecule has 1 aromatic carbocycles. The van der Waals surface area contributed by atoms with Crippen LogP contribution in [0.4, 0.5) is 10.5 Å². The molecule has 1 aromatic rings. The van der Waals surface area contributed by atoms with Gasteiger partial charge >= 0.3 is 12.0 Å². The second-order valence-electron chi connectivity index (χ2n) is 4.78. The summed E-state index contributed by atoms with van der Waals surface area (Å²) in [5.74, 6) is -0.550. The Hall–Kier alpha value is -1.40. The lowest BCUT2D eigenvalue weighted by atomic mass is 10.2. The van der Waals surface area contributed by atoms with Crippen molar-refractivity contribution in [3.8, 4) is 0 Å². The third-order valence-electron chi connectivity index (χ3n) is 3.22. The topological polar surface area (TPSA) is 69.6 Å². The molecular weight excluding hydrogens is 312 g/mol. The summed E-state index contributed by atoms with van der Waals surface area (Å²) in [7, 11) is 0. The van der Waals surface area contributed by atoms with Crippen LogP contribution in [0.3, 0.4) is 0 Å². The van der Waals surface area contributed by atoms with Gasteiger partial charge in [0.2, 0.25) is 0 Å². The molecule has 21 heavy (non-hydrogen) atoms. The zero-order valence-corrected chi connectivity index (χ0v) is 13.2. The Labute approximate surface area is 132 Å². The number of nitrogens with one attached hydrogen (secondary N) is 1. The van der Waals surface area contributed by atoms with Crippen LogP contribution in [0.15, 0.2) is 24.3 Å². The quantitative estimate of drug-likeness (QED) is 0.887. The summed E-state index contributed by atoms with van der Waals surface area (Å²) >= 11 is 7.39. The van der Waals surface area contributed by atoms with Gasteiger partial charge in [-0.25, -0.2) is 9.59 Å². The number of carboxylic acid groups (broad SMARTS) is 1. The van der Waals surface area contributed by atoms with E-state index in [0.29, 0.717) is 16.5 Å². The van der Waals surface area contributed by atoms with Crippen LogP contribution < -0.4 is 5.32 Å². The third-order valence-corrected chi connectivity index (χ3v) is 4.81. The van der Waals surface area contributed by atoms with E-state index in [1.54, 1.807) is 24.3 Å². The first-order valence-electron chi connectivity index (χ1n) is 6.72. The molecule has 1 aliphatic rings. The van der Waals surface area contributed by atoms with Gasteiger partial charge in [-0.3, -0.25) is 4.90 Å². The second-order valence-corrected chi connectivity index (χ2v) is 6.43. The normalized spacial score (nSPS) is 21.3. The van der Waals surface area contributed by atoms with E-state index in [0.717, 1.165) is 12.8 Å². The average molecular weight is 329 g/mol. The fourth-order valence-electron chi connectivity index (χ4n) is 2.25. The van der Waals surface area contributed by atoms with E-state index in [1.807, 2.05) is 6.92 Å². The molecular formula is C14H17ClN2O3S. The standard InChI is InChI=1S/C14H17ClN2O3S/c1-2-4-12-17(11(8-21-12)13(18)19)14(20)16-10-6-3-5-9(15)7-10/h3,5-7,11-12H,2,4,8H2,1H3,(H,16,20)(H,18,19). The van der Waals surface area contributed by atoms with Gasteiger partial charge < -0.3 is 10.4 Å². The number of hydrogen-bond acceptors (Lipinski definition) is 3. The molecule has 7 heteroatoms. The molecule has 0 aliphatic carbocycles. The van der Waals surface area contributed by atoms with Crippen molar-refractivity contribution < 1.29 is 14.7 Å². The van der Waals surface area contributed by atoms with Crippen molar-refractivity contribution in [3.05, 3.63) is 29.3 Å². The highest BCUT2D eigenvalue weighted by Crippen LogP contribution is 2.33. The first-order chi connectivity index (χ1) is 10.0. The summed E-state index contributed by atoms with van der Waals surface area (Å²) in [5.41, 5.74) is 0.559. The molecule has 0 saturated carbocycles. The number of halogens is 1. The number of aliphatic carboxylic acids is 1. The van der Waals surface area contributed by atoms with Crippen molar-refractivity contribution in [2.24, 2.45) is 0 Å². The van der Waals surface area contributed by atoms with E-state index in [4.69, 9.17) is 11.6 Å². The maximum absolute atomic E-state index is 12.4. The minimum Gasteiger partial charge on any atom is -0.480 e. The fraction of sp³-hybridized carbons (Fsp3) is 0.429. The highest BCUT2D eigenvalue weighted by atomic mass is 35.5. The number of hydrogen-bond donors (Lipinski definition) is 2. The number of nitrogens with zero attached hydrogens (tertiary/aromatic N) is 1. The summed E-state index contributed by atoms with van der Waals surface area (Å²) in [5, 5.41) is 12.4. The summed E-state index contributed by atoms with van der Waals surface area (Å²) in [6.07, 6.45) is 1.67. The Bertz CT molecular complexity index is 541. The summed E-state index contributed by atoms with van der Waals surface area (Å²) < 4.78 is 0. The van der Waals surface area contributed by atoms with Crippen LogP contribution in [-0.2, 0) is 4.79 Å².